The Labute approximate surface area is 218 Å². The second-order valence-electron chi connectivity index (χ2n) is 9.07. The fraction of sp³-hybridized carbons (Fsp3) is 0.200. The van der Waals surface area contributed by atoms with Crippen molar-refractivity contribution in [2.45, 2.75) is 37.3 Å². The first-order valence-electron chi connectivity index (χ1n) is 12.1. The molecule has 4 rings (SSSR count). The van der Waals surface area contributed by atoms with E-state index in [2.05, 4.69) is 11.6 Å². The van der Waals surface area contributed by atoms with Crippen molar-refractivity contribution in [1.82, 2.24) is 14.5 Å². The van der Waals surface area contributed by atoms with E-state index < -0.39 is 9.84 Å². The molecule has 0 saturated carbocycles. The average molecular weight is 514 g/mol. The molecule has 0 aliphatic heterocycles. The van der Waals surface area contributed by atoms with Crippen molar-refractivity contribution in [2.24, 2.45) is 0 Å². The van der Waals surface area contributed by atoms with E-state index in [1.807, 2.05) is 91.9 Å². The SMILES string of the molecule is C=CCN(Cc1cnc(S(=O)(=O)Cc2ccc(C)cc2)n1Cc1ccccc1)C(=O)Cc1ccccc1. The van der Waals surface area contributed by atoms with Crippen molar-refractivity contribution in [2.75, 3.05) is 6.54 Å². The molecule has 0 unspecified atom stereocenters. The number of carbonyl (C=O) groups excluding carboxylic acids is 1. The van der Waals surface area contributed by atoms with Gasteiger partial charge in [-0.25, -0.2) is 13.4 Å². The Morgan fingerprint density at radius 1 is 0.919 bits per heavy atom. The van der Waals surface area contributed by atoms with E-state index in [0.29, 0.717) is 24.3 Å². The minimum Gasteiger partial charge on any atom is -0.333 e. The highest BCUT2D eigenvalue weighted by atomic mass is 32.2. The first kappa shape index (κ1) is 26.1. The fourth-order valence-electron chi connectivity index (χ4n) is 4.16. The quantitative estimate of drug-likeness (QED) is 0.266. The van der Waals surface area contributed by atoms with Gasteiger partial charge in [0.1, 0.15) is 0 Å². The Kier molecular flexibility index (Phi) is 8.36. The molecule has 3 aromatic carbocycles. The van der Waals surface area contributed by atoms with Crippen LogP contribution in [0, 0.1) is 6.92 Å². The predicted octanol–water partition coefficient (Wildman–Crippen LogP) is 4.97. The maximum atomic E-state index is 13.5. The third-order valence-electron chi connectivity index (χ3n) is 6.09. The van der Waals surface area contributed by atoms with Crippen LogP contribution in [0.3, 0.4) is 0 Å². The first-order valence-corrected chi connectivity index (χ1v) is 13.8. The highest BCUT2D eigenvalue weighted by Gasteiger charge is 2.26. The molecular weight excluding hydrogens is 482 g/mol. The van der Waals surface area contributed by atoms with Crippen molar-refractivity contribution >= 4 is 15.7 Å². The third-order valence-corrected chi connectivity index (χ3v) is 7.69. The minimum atomic E-state index is -3.74. The van der Waals surface area contributed by atoms with Gasteiger partial charge in [0.05, 0.1) is 37.2 Å². The Balaban J connectivity index is 1.66. The van der Waals surface area contributed by atoms with Gasteiger partial charge in [-0.05, 0) is 23.6 Å². The highest BCUT2D eigenvalue weighted by Crippen LogP contribution is 2.21. The number of benzene rings is 3. The van der Waals surface area contributed by atoms with Gasteiger partial charge in [-0.15, -0.1) is 6.58 Å². The summed E-state index contributed by atoms with van der Waals surface area (Å²) in [6, 6.07) is 26.6. The Morgan fingerprint density at radius 2 is 1.54 bits per heavy atom. The van der Waals surface area contributed by atoms with E-state index in [-0.39, 0.29) is 29.8 Å². The molecule has 4 aromatic rings. The van der Waals surface area contributed by atoms with Crippen molar-refractivity contribution in [1.29, 1.82) is 0 Å². The largest absolute Gasteiger partial charge is 0.333 e. The molecule has 6 nitrogen and oxygen atoms in total. The molecule has 0 bridgehead atoms. The minimum absolute atomic E-state index is 0.000916. The number of aryl methyl sites for hydroxylation is 1. The van der Waals surface area contributed by atoms with Crippen LogP contribution in [0.25, 0.3) is 0 Å². The molecule has 0 fully saturated rings. The predicted molar refractivity (Wildman–Crippen MR) is 146 cm³/mol. The average Bonchev–Trinajstić information content (AvgIpc) is 3.29. The van der Waals surface area contributed by atoms with Gasteiger partial charge in [-0.2, -0.15) is 0 Å². The normalized spacial score (nSPS) is 11.3. The van der Waals surface area contributed by atoms with Gasteiger partial charge in [-0.1, -0.05) is 96.6 Å². The number of imidazole rings is 1. The number of amides is 1. The van der Waals surface area contributed by atoms with Crippen LogP contribution in [-0.4, -0.2) is 35.3 Å². The smallest absolute Gasteiger partial charge is 0.228 e. The lowest BCUT2D eigenvalue weighted by molar-refractivity contribution is -0.130. The summed E-state index contributed by atoms with van der Waals surface area (Å²) in [6.07, 6.45) is 3.49. The van der Waals surface area contributed by atoms with Crippen molar-refractivity contribution < 1.29 is 13.2 Å². The molecule has 0 spiro atoms. The molecule has 0 radical (unpaired) electrons. The molecule has 1 aromatic heterocycles. The molecule has 1 amide bonds. The zero-order valence-corrected chi connectivity index (χ0v) is 21.8. The second-order valence-corrected chi connectivity index (χ2v) is 11.0. The zero-order valence-electron chi connectivity index (χ0n) is 21.0. The number of nitrogens with zero attached hydrogens (tertiary/aromatic N) is 3. The number of hydrogen-bond acceptors (Lipinski definition) is 4. The summed E-state index contributed by atoms with van der Waals surface area (Å²) in [5.74, 6) is -0.218. The van der Waals surface area contributed by atoms with Crippen LogP contribution < -0.4 is 0 Å². The van der Waals surface area contributed by atoms with Crippen LogP contribution >= 0.6 is 0 Å². The Morgan fingerprint density at radius 3 is 2.16 bits per heavy atom. The van der Waals surface area contributed by atoms with Crippen LogP contribution in [0.2, 0.25) is 0 Å². The molecular formula is C30H31N3O3S. The topological polar surface area (TPSA) is 72.3 Å². The molecule has 7 heteroatoms. The van der Waals surface area contributed by atoms with E-state index in [1.54, 1.807) is 21.7 Å². The van der Waals surface area contributed by atoms with Crippen LogP contribution in [0.4, 0.5) is 0 Å². The lowest BCUT2D eigenvalue weighted by atomic mass is 10.1. The van der Waals surface area contributed by atoms with Gasteiger partial charge in [0.15, 0.2) is 0 Å². The van der Waals surface area contributed by atoms with E-state index >= 15 is 0 Å². The van der Waals surface area contributed by atoms with Crippen molar-refractivity contribution in [3.05, 3.63) is 132 Å². The number of hydrogen-bond donors (Lipinski definition) is 0. The maximum absolute atomic E-state index is 13.5. The van der Waals surface area contributed by atoms with Crippen molar-refractivity contribution in [3.8, 4) is 0 Å². The lowest BCUT2D eigenvalue weighted by Gasteiger charge is -2.22. The van der Waals surface area contributed by atoms with Crippen LogP contribution in [-0.2, 0) is 39.9 Å². The molecule has 190 valence electrons. The standard InChI is InChI=1S/C30H31N3O3S/c1-3-18-32(29(34)19-25-10-6-4-7-11-25)22-28-20-31-30(33(28)21-26-12-8-5-9-13-26)37(35,36)23-27-16-14-24(2)15-17-27/h3-17,20H,1,18-19,21-23H2,2H3. The zero-order chi connectivity index (χ0) is 26.3. The lowest BCUT2D eigenvalue weighted by Crippen LogP contribution is -2.33. The molecule has 0 saturated heterocycles. The molecule has 37 heavy (non-hydrogen) atoms. The van der Waals surface area contributed by atoms with Gasteiger partial charge in [-0.3, -0.25) is 4.79 Å². The highest BCUT2D eigenvalue weighted by molar-refractivity contribution is 7.90. The monoisotopic (exact) mass is 513 g/mol. The first-order chi connectivity index (χ1) is 17.9. The third kappa shape index (κ3) is 6.83. The summed E-state index contributed by atoms with van der Waals surface area (Å²) in [4.78, 5) is 19.2. The maximum Gasteiger partial charge on any atom is 0.228 e. The van der Waals surface area contributed by atoms with Gasteiger partial charge in [0.2, 0.25) is 20.9 Å². The Hall–Kier alpha value is -3.97. The number of carbonyl (C=O) groups is 1. The van der Waals surface area contributed by atoms with Crippen LogP contribution in [0.1, 0.15) is 27.9 Å². The summed E-state index contributed by atoms with van der Waals surface area (Å²) in [5.41, 5.74) is 4.28. The molecule has 0 aliphatic rings. The summed E-state index contributed by atoms with van der Waals surface area (Å²) < 4.78 is 28.7. The summed E-state index contributed by atoms with van der Waals surface area (Å²) >= 11 is 0. The van der Waals surface area contributed by atoms with E-state index in [1.165, 1.54) is 0 Å². The number of sulfone groups is 1. The summed E-state index contributed by atoms with van der Waals surface area (Å²) in [6.45, 7) is 6.66. The van der Waals surface area contributed by atoms with Crippen LogP contribution in [0.15, 0.2) is 109 Å². The van der Waals surface area contributed by atoms with E-state index in [9.17, 15) is 13.2 Å². The fourth-order valence-corrected chi connectivity index (χ4v) is 5.65. The van der Waals surface area contributed by atoms with Gasteiger partial charge < -0.3 is 9.47 Å². The summed E-state index contributed by atoms with van der Waals surface area (Å²) in [7, 11) is -3.74. The van der Waals surface area contributed by atoms with E-state index in [4.69, 9.17) is 0 Å². The van der Waals surface area contributed by atoms with Crippen molar-refractivity contribution in [3.63, 3.8) is 0 Å². The van der Waals surface area contributed by atoms with Gasteiger partial charge in [0.25, 0.3) is 0 Å². The number of aromatic nitrogens is 2. The molecule has 1 heterocycles. The second kappa shape index (κ2) is 11.8. The van der Waals surface area contributed by atoms with Gasteiger partial charge in [0, 0.05) is 6.54 Å². The van der Waals surface area contributed by atoms with E-state index in [0.717, 1.165) is 16.7 Å². The summed E-state index contributed by atoms with van der Waals surface area (Å²) in [5, 5.41) is 0.000916. The molecule has 0 aliphatic carbocycles. The molecule has 0 atom stereocenters. The van der Waals surface area contributed by atoms with Crippen LogP contribution in [0.5, 0.6) is 0 Å². The number of rotatable bonds is 11. The molecule has 0 N–H and O–H groups in total. The van der Waals surface area contributed by atoms with Gasteiger partial charge >= 0.3 is 0 Å². The Bertz CT molecular complexity index is 1450.